The van der Waals surface area contributed by atoms with Crippen molar-refractivity contribution in [3.63, 3.8) is 0 Å². The Bertz CT molecular complexity index is 362. The van der Waals surface area contributed by atoms with Gasteiger partial charge in [-0.15, -0.1) is 6.58 Å². The lowest BCUT2D eigenvalue weighted by molar-refractivity contribution is 0.614. The fourth-order valence-corrected chi connectivity index (χ4v) is 2.69. The van der Waals surface area contributed by atoms with Crippen molar-refractivity contribution in [3.8, 4) is 0 Å². The van der Waals surface area contributed by atoms with Crippen LogP contribution < -0.4 is 0 Å². The molecule has 0 nitrogen and oxygen atoms in total. The molecule has 0 saturated carbocycles. The first-order valence-electron chi connectivity index (χ1n) is 7.12. The van der Waals surface area contributed by atoms with Crippen LogP contribution in [0.4, 0.5) is 0 Å². The van der Waals surface area contributed by atoms with Crippen molar-refractivity contribution in [1.82, 2.24) is 0 Å². The number of fused-ring (bicyclic) bond motifs is 1. The summed E-state index contributed by atoms with van der Waals surface area (Å²) in [7, 11) is 0. The van der Waals surface area contributed by atoms with E-state index in [2.05, 4.69) is 24.8 Å². The standard InChI is InChI=1S/C17H24/c1-2-3-4-5-6-7-8-10-15-11-9-12-16-13-14-17(15)16/h2,9,11-12H,1,3-8,10,13-14H2. The molecule has 92 valence electrons. The number of unbranched alkanes of at least 4 members (excludes halogenated alkanes) is 5. The molecule has 1 aliphatic carbocycles. The maximum atomic E-state index is 3.76. The molecule has 0 radical (unpaired) electrons. The largest absolute Gasteiger partial charge is 0.103 e. The molecular formula is C17H24. The van der Waals surface area contributed by atoms with Crippen LogP contribution in [0.3, 0.4) is 0 Å². The van der Waals surface area contributed by atoms with Crippen molar-refractivity contribution in [2.24, 2.45) is 0 Å². The van der Waals surface area contributed by atoms with Gasteiger partial charge in [0.25, 0.3) is 0 Å². The van der Waals surface area contributed by atoms with Gasteiger partial charge in [-0.3, -0.25) is 0 Å². The van der Waals surface area contributed by atoms with Crippen molar-refractivity contribution in [3.05, 3.63) is 47.5 Å². The molecule has 0 amide bonds. The summed E-state index contributed by atoms with van der Waals surface area (Å²) < 4.78 is 0. The lowest BCUT2D eigenvalue weighted by Crippen LogP contribution is -2.11. The number of allylic oxidation sites excluding steroid dienone is 1. The number of benzene rings is 1. The van der Waals surface area contributed by atoms with Gasteiger partial charge in [0.05, 0.1) is 0 Å². The Kier molecular flexibility index (Phi) is 4.85. The van der Waals surface area contributed by atoms with Crippen LogP contribution in [0.25, 0.3) is 0 Å². The number of rotatable bonds is 8. The van der Waals surface area contributed by atoms with Crippen molar-refractivity contribution in [1.29, 1.82) is 0 Å². The van der Waals surface area contributed by atoms with Gasteiger partial charge in [-0.05, 0) is 55.2 Å². The summed E-state index contributed by atoms with van der Waals surface area (Å²) in [6, 6.07) is 6.85. The van der Waals surface area contributed by atoms with E-state index in [4.69, 9.17) is 0 Å². The fraction of sp³-hybridized carbons (Fsp3) is 0.529. The maximum Gasteiger partial charge on any atom is -0.0233 e. The smallest absolute Gasteiger partial charge is 0.0233 e. The second kappa shape index (κ2) is 6.64. The third-order valence-electron chi connectivity index (χ3n) is 3.87. The Morgan fingerprint density at radius 2 is 1.82 bits per heavy atom. The topological polar surface area (TPSA) is 0 Å². The molecule has 0 saturated heterocycles. The molecule has 1 aromatic carbocycles. The highest BCUT2D eigenvalue weighted by Crippen LogP contribution is 2.27. The van der Waals surface area contributed by atoms with E-state index in [1.807, 2.05) is 6.08 Å². The molecule has 1 aliphatic rings. The highest BCUT2D eigenvalue weighted by molar-refractivity contribution is 5.41. The third-order valence-corrected chi connectivity index (χ3v) is 3.87. The first-order chi connectivity index (χ1) is 8.42. The summed E-state index contributed by atoms with van der Waals surface area (Å²) in [5.74, 6) is 0. The Hall–Kier alpha value is -1.04. The zero-order chi connectivity index (χ0) is 11.9. The van der Waals surface area contributed by atoms with E-state index < -0.39 is 0 Å². The van der Waals surface area contributed by atoms with E-state index in [9.17, 15) is 0 Å². The van der Waals surface area contributed by atoms with Crippen LogP contribution >= 0.6 is 0 Å². The van der Waals surface area contributed by atoms with E-state index in [0.717, 1.165) is 0 Å². The van der Waals surface area contributed by atoms with Gasteiger partial charge in [-0.25, -0.2) is 0 Å². The second-order valence-electron chi connectivity index (χ2n) is 5.15. The molecule has 0 heterocycles. The molecule has 1 aromatic rings. The van der Waals surface area contributed by atoms with Gasteiger partial charge in [0, 0.05) is 0 Å². The van der Waals surface area contributed by atoms with E-state index >= 15 is 0 Å². The Labute approximate surface area is 106 Å². The molecule has 17 heavy (non-hydrogen) atoms. The van der Waals surface area contributed by atoms with Crippen LogP contribution in [0.2, 0.25) is 0 Å². The lowest BCUT2D eigenvalue weighted by Gasteiger charge is -2.22. The second-order valence-corrected chi connectivity index (χ2v) is 5.15. The first-order valence-corrected chi connectivity index (χ1v) is 7.12. The minimum absolute atomic E-state index is 1.19. The SMILES string of the molecule is C=CCCCCCCCc1cccc2c1CC2. The molecule has 0 heteroatoms. The summed E-state index contributed by atoms with van der Waals surface area (Å²) in [4.78, 5) is 0. The average Bonchev–Trinajstić information content (AvgIpc) is 2.30. The summed E-state index contributed by atoms with van der Waals surface area (Å²) in [5, 5.41) is 0. The Morgan fingerprint density at radius 1 is 1.00 bits per heavy atom. The lowest BCUT2D eigenvalue weighted by atomic mass is 9.83. The normalized spacial score (nSPS) is 12.9. The number of hydrogen-bond acceptors (Lipinski definition) is 0. The molecule has 0 spiro atoms. The summed E-state index contributed by atoms with van der Waals surface area (Å²) >= 11 is 0. The number of aryl methyl sites for hydroxylation is 2. The molecule has 0 fully saturated rings. The average molecular weight is 228 g/mol. The minimum atomic E-state index is 1.19. The van der Waals surface area contributed by atoms with Gasteiger partial charge in [0.1, 0.15) is 0 Å². The van der Waals surface area contributed by atoms with E-state index in [1.165, 1.54) is 57.8 Å². The predicted octanol–water partition coefficient (Wildman–Crippen LogP) is 4.85. The summed E-state index contributed by atoms with van der Waals surface area (Å²) in [6.45, 7) is 3.76. The monoisotopic (exact) mass is 228 g/mol. The summed E-state index contributed by atoms with van der Waals surface area (Å²) in [6.07, 6.45) is 14.0. The highest BCUT2D eigenvalue weighted by atomic mass is 14.2. The zero-order valence-electron chi connectivity index (χ0n) is 10.9. The van der Waals surface area contributed by atoms with Crippen LogP contribution in [0, 0.1) is 0 Å². The van der Waals surface area contributed by atoms with Crippen molar-refractivity contribution in [2.45, 2.75) is 57.8 Å². The first kappa shape index (κ1) is 12.4. The minimum Gasteiger partial charge on any atom is -0.103 e. The Balaban J connectivity index is 1.62. The predicted molar refractivity (Wildman–Crippen MR) is 75.5 cm³/mol. The molecule has 0 N–H and O–H groups in total. The number of hydrogen-bond donors (Lipinski definition) is 0. The van der Waals surface area contributed by atoms with Gasteiger partial charge in [0.2, 0.25) is 0 Å². The molecule has 2 rings (SSSR count). The maximum absolute atomic E-state index is 3.76. The van der Waals surface area contributed by atoms with E-state index in [0.29, 0.717) is 0 Å². The van der Waals surface area contributed by atoms with Crippen molar-refractivity contribution >= 4 is 0 Å². The molecular weight excluding hydrogens is 204 g/mol. The zero-order valence-corrected chi connectivity index (χ0v) is 10.9. The van der Waals surface area contributed by atoms with Crippen LogP contribution in [0.5, 0.6) is 0 Å². The molecule has 0 aliphatic heterocycles. The van der Waals surface area contributed by atoms with Crippen LogP contribution in [-0.4, -0.2) is 0 Å². The molecule has 0 atom stereocenters. The molecule has 0 aromatic heterocycles. The van der Waals surface area contributed by atoms with Crippen LogP contribution in [0.15, 0.2) is 30.9 Å². The summed E-state index contributed by atoms with van der Waals surface area (Å²) in [5.41, 5.74) is 4.90. The quantitative estimate of drug-likeness (QED) is 0.440. The van der Waals surface area contributed by atoms with Gasteiger partial charge < -0.3 is 0 Å². The Morgan fingerprint density at radius 3 is 2.59 bits per heavy atom. The van der Waals surface area contributed by atoms with Crippen LogP contribution in [-0.2, 0) is 19.3 Å². The van der Waals surface area contributed by atoms with Crippen molar-refractivity contribution in [2.75, 3.05) is 0 Å². The molecule has 0 bridgehead atoms. The van der Waals surface area contributed by atoms with E-state index in [-0.39, 0.29) is 0 Å². The van der Waals surface area contributed by atoms with Crippen molar-refractivity contribution < 1.29 is 0 Å². The van der Waals surface area contributed by atoms with Gasteiger partial charge in [-0.2, -0.15) is 0 Å². The fourth-order valence-electron chi connectivity index (χ4n) is 2.69. The van der Waals surface area contributed by atoms with Gasteiger partial charge in [-0.1, -0.05) is 43.5 Å². The third kappa shape index (κ3) is 3.46. The van der Waals surface area contributed by atoms with Gasteiger partial charge >= 0.3 is 0 Å². The van der Waals surface area contributed by atoms with Crippen LogP contribution in [0.1, 0.15) is 55.2 Å². The molecule has 0 unspecified atom stereocenters. The van der Waals surface area contributed by atoms with E-state index in [1.54, 1.807) is 16.7 Å². The van der Waals surface area contributed by atoms with Gasteiger partial charge in [0.15, 0.2) is 0 Å². The highest BCUT2D eigenvalue weighted by Gasteiger charge is 2.15.